The molecule has 0 amide bonds. The summed E-state index contributed by atoms with van der Waals surface area (Å²) < 4.78 is 19.0. The molecule has 0 fully saturated rings. The van der Waals surface area contributed by atoms with E-state index in [2.05, 4.69) is 5.32 Å². The molecule has 4 N–H and O–H groups in total. The second-order valence-corrected chi connectivity index (χ2v) is 4.24. The molecule has 8 heteroatoms. The Morgan fingerprint density at radius 3 is 2.50 bits per heavy atom. The van der Waals surface area contributed by atoms with Crippen molar-refractivity contribution in [1.29, 1.82) is 0 Å². The third-order valence-corrected chi connectivity index (χ3v) is 2.01. The van der Waals surface area contributed by atoms with Gasteiger partial charge < -0.3 is 15.1 Å². The smallest absolute Gasteiger partial charge is 0.384 e. The second-order valence-electron chi connectivity index (χ2n) is 2.42. The largest absolute Gasteiger partial charge is 0.491 e. The van der Waals surface area contributed by atoms with Crippen molar-refractivity contribution in [3.63, 3.8) is 0 Å². The van der Waals surface area contributed by atoms with E-state index < -0.39 is 16.3 Å². The maximum atomic E-state index is 10.5. The fraction of sp³-hybridized carbons (Fsp3) is 0.333. The standard InChI is InChI=1S/C6H10NO3P.HO2P/c8-11(9,10)5-6-3-1-2-4-7-6;1-3-2/h1-3,7H,4-5H2,(H2,8,9,10);3H/p+1. The maximum Gasteiger partial charge on any atom is 0.491 e. The van der Waals surface area contributed by atoms with Crippen LogP contribution in [0.1, 0.15) is 0 Å². The molecule has 0 aromatic heterocycles. The zero-order chi connectivity index (χ0) is 11.0. The average molecular weight is 240 g/mol. The molecule has 0 saturated heterocycles. The molecule has 0 spiro atoms. The number of hydrogen-bond acceptors (Lipinski definition) is 3. The Labute approximate surface area is 82.8 Å². The molecule has 1 unspecified atom stereocenters. The Morgan fingerprint density at radius 1 is 1.57 bits per heavy atom. The quantitative estimate of drug-likeness (QED) is 0.511. The lowest BCUT2D eigenvalue weighted by Gasteiger charge is -2.12. The third kappa shape index (κ3) is 8.10. The summed E-state index contributed by atoms with van der Waals surface area (Å²) in [6.07, 6.45) is 5.13. The van der Waals surface area contributed by atoms with E-state index >= 15 is 0 Å². The molecule has 0 aliphatic carbocycles. The van der Waals surface area contributed by atoms with Crippen LogP contribution in [0.25, 0.3) is 0 Å². The summed E-state index contributed by atoms with van der Waals surface area (Å²) in [5.41, 5.74) is 0.598. The highest BCUT2D eigenvalue weighted by molar-refractivity contribution is 7.52. The molecule has 0 aromatic rings. The van der Waals surface area contributed by atoms with E-state index in [1.807, 2.05) is 6.08 Å². The molecule has 6 nitrogen and oxygen atoms in total. The van der Waals surface area contributed by atoms with Crippen LogP contribution in [0.4, 0.5) is 0 Å². The fourth-order valence-electron chi connectivity index (χ4n) is 0.832. The highest BCUT2D eigenvalue weighted by Crippen LogP contribution is 2.36. The summed E-state index contributed by atoms with van der Waals surface area (Å²) in [6, 6.07) is 0. The van der Waals surface area contributed by atoms with Gasteiger partial charge >= 0.3 is 16.3 Å². The highest BCUT2D eigenvalue weighted by Gasteiger charge is 2.15. The Hall–Kier alpha value is -0.510. The predicted molar refractivity (Wildman–Crippen MR) is 53.4 cm³/mol. The molecule has 1 atom stereocenters. The third-order valence-electron chi connectivity index (χ3n) is 1.26. The van der Waals surface area contributed by atoms with Crippen LogP contribution in [0.5, 0.6) is 0 Å². The number of nitrogens with one attached hydrogen (secondary N) is 1. The Morgan fingerprint density at radius 2 is 2.14 bits per heavy atom. The molecule has 1 aliphatic heterocycles. The lowest BCUT2D eigenvalue weighted by molar-refractivity contribution is 0.375. The van der Waals surface area contributed by atoms with Crippen molar-refractivity contribution in [2.24, 2.45) is 0 Å². The Bertz CT molecular complexity index is 282. The molecular weight excluding hydrogens is 228 g/mol. The van der Waals surface area contributed by atoms with Gasteiger partial charge in [-0.2, -0.15) is 4.89 Å². The SMILES string of the molecule is O=P(O)(O)CC1=CC=CCN1.O=[PH+]O. The van der Waals surface area contributed by atoms with E-state index in [-0.39, 0.29) is 6.16 Å². The van der Waals surface area contributed by atoms with Gasteiger partial charge in [0.15, 0.2) is 0 Å². The summed E-state index contributed by atoms with van der Waals surface area (Å²) in [7, 11) is -5.07. The van der Waals surface area contributed by atoms with Crippen molar-refractivity contribution >= 4 is 16.3 Å². The topological polar surface area (TPSA) is 107 Å². The van der Waals surface area contributed by atoms with Crippen LogP contribution >= 0.6 is 16.3 Å². The molecule has 0 bridgehead atoms. The summed E-state index contributed by atoms with van der Waals surface area (Å²) in [4.78, 5) is 24.2. The molecule has 1 rings (SSSR count). The lowest BCUT2D eigenvalue weighted by Crippen LogP contribution is -2.18. The summed E-state index contributed by atoms with van der Waals surface area (Å²) in [5.74, 6) is 0. The first-order valence-corrected chi connectivity index (χ1v) is 6.30. The summed E-state index contributed by atoms with van der Waals surface area (Å²) in [5, 5.41) is 2.86. The van der Waals surface area contributed by atoms with Gasteiger partial charge in [-0.3, -0.25) is 4.57 Å². The normalized spacial score (nSPS) is 15.2. The van der Waals surface area contributed by atoms with Crippen molar-refractivity contribution in [3.05, 3.63) is 23.9 Å². The van der Waals surface area contributed by atoms with Crippen molar-refractivity contribution < 1.29 is 23.8 Å². The van der Waals surface area contributed by atoms with Crippen molar-refractivity contribution in [2.75, 3.05) is 12.7 Å². The van der Waals surface area contributed by atoms with E-state index in [0.717, 1.165) is 0 Å². The molecule has 14 heavy (non-hydrogen) atoms. The molecule has 1 heterocycles. The first-order valence-electron chi connectivity index (χ1n) is 3.65. The highest BCUT2D eigenvalue weighted by atomic mass is 31.2. The second kappa shape index (κ2) is 6.87. The molecule has 1 aliphatic rings. The molecule has 80 valence electrons. The van der Waals surface area contributed by atoms with Gasteiger partial charge in [-0.15, -0.1) is 0 Å². The molecule has 0 aromatic carbocycles. The van der Waals surface area contributed by atoms with E-state index in [4.69, 9.17) is 19.2 Å². The van der Waals surface area contributed by atoms with E-state index in [1.165, 1.54) is 0 Å². The van der Waals surface area contributed by atoms with Crippen LogP contribution in [-0.2, 0) is 9.13 Å². The maximum absolute atomic E-state index is 10.5. The predicted octanol–water partition coefficient (Wildman–Crippen LogP) is 0.125. The summed E-state index contributed by atoms with van der Waals surface area (Å²) >= 11 is 0. The first kappa shape index (κ1) is 13.5. The van der Waals surface area contributed by atoms with Crippen LogP contribution in [-0.4, -0.2) is 27.4 Å². The lowest BCUT2D eigenvalue weighted by atomic mass is 10.3. The van der Waals surface area contributed by atoms with Crippen molar-refractivity contribution in [3.8, 4) is 0 Å². The Kier molecular flexibility index (Phi) is 6.62. The van der Waals surface area contributed by atoms with E-state index in [1.54, 1.807) is 12.2 Å². The number of allylic oxidation sites excluding steroid dienone is 3. The van der Waals surface area contributed by atoms with Gasteiger partial charge in [0.2, 0.25) is 0 Å². The average Bonchev–Trinajstić information content (AvgIpc) is 2.04. The minimum atomic E-state index is -3.90. The van der Waals surface area contributed by atoms with E-state index in [9.17, 15) is 4.57 Å². The van der Waals surface area contributed by atoms with Gasteiger partial charge in [0.05, 0.1) is 6.16 Å². The number of dihydropyridines is 1. The van der Waals surface area contributed by atoms with Crippen LogP contribution in [0.3, 0.4) is 0 Å². The minimum Gasteiger partial charge on any atom is -0.384 e. The van der Waals surface area contributed by atoms with Gasteiger partial charge in [0, 0.05) is 12.2 Å². The monoisotopic (exact) mass is 240 g/mol. The number of rotatable bonds is 2. The fourth-order valence-corrected chi connectivity index (χ4v) is 1.49. The zero-order valence-electron chi connectivity index (χ0n) is 7.25. The Balaban J connectivity index is 0.000000500. The first-order chi connectivity index (χ1) is 6.49. The van der Waals surface area contributed by atoms with Gasteiger partial charge in [0.25, 0.3) is 0 Å². The van der Waals surface area contributed by atoms with Crippen LogP contribution < -0.4 is 5.32 Å². The van der Waals surface area contributed by atoms with Crippen molar-refractivity contribution in [2.45, 2.75) is 0 Å². The number of hydrogen-bond donors (Lipinski definition) is 4. The summed E-state index contributed by atoms with van der Waals surface area (Å²) in [6.45, 7) is 0.645. The van der Waals surface area contributed by atoms with Crippen molar-refractivity contribution in [1.82, 2.24) is 5.32 Å². The van der Waals surface area contributed by atoms with Gasteiger partial charge in [-0.05, 0) is 10.6 Å². The molecule has 0 radical (unpaired) electrons. The molecular formula is C6H12NO5P2+. The van der Waals surface area contributed by atoms with Gasteiger partial charge in [-0.25, -0.2) is 0 Å². The molecule has 0 saturated carbocycles. The van der Waals surface area contributed by atoms with Crippen LogP contribution in [0, 0.1) is 0 Å². The minimum absolute atomic E-state index is 0.197. The van der Waals surface area contributed by atoms with Gasteiger partial charge in [0.1, 0.15) is 0 Å². The van der Waals surface area contributed by atoms with E-state index in [0.29, 0.717) is 12.2 Å². The zero-order valence-corrected chi connectivity index (χ0v) is 9.15. The van der Waals surface area contributed by atoms with Gasteiger partial charge in [-0.1, -0.05) is 12.2 Å². The van der Waals surface area contributed by atoms with Crippen LogP contribution in [0.15, 0.2) is 23.9 Å². The van der Waals surface area contributed by atoms with Crippen LogP contribution in [0.2, 0.25) is 0 Å².